The predicted molar refractivity (Wildman–Crippen MR) is 36.1 cm³/mol. The Bertz CT molecular complexity index is 105. The Balaban J connectivity index is 3.82. The molecule has 7 heavy (non-hydrogen) atoms. The lowest BCUT2D eigenvalue weighted by Crippen LogP contribution is -1.92. The Hall–Kier alpha value is -0.370. The van der Waals surface area contributed by atoms with Gasteiger partial charge in [-0.3, -0.25) is 0 Å². The van der Waals surface area contributed by atoms with Crippen molar-refractivity contribution in [3.63, 3.8) is 0 Å². The van der Waals surface area contributed by atoms with Gasteiger partial charge in [-0.25, -0.2) is 0 Å². The second-order valence-electron chi connectivity index (χ2n) is 1.20. The third-order valence-corrected chi connectivity index (χ3v) is 1.15. The first-order chi connectivity index (χ1) is 3.18. The number of thiol groups is 1. The van der Waals surface area contributed by atoms with Crippen LogP contribution in [0.4, 0.5) is 0 Å². The molecule has 0 aromatic carbocycles. The summed E-state index contributed by atoms with van der Waals surface area (Å²) in [6, 6.07) is 0. The maximum atomic E-state index is 5.21. The maximum absolute atomic E-state index is 5.21. The summed E-state index contributed by atoms with van der Waals surface area (Å²) in [6.45, 7) is 5.32. The van der Waals surface area contributed by atoms with Crippen LogP contribution >= 0.6 is 12.6 Å². The van der Waals surface area contributed by atoms with Crippen LogP contribution in [0, 0.1) is 0 Å². The van der Waals surface area contributed by atoms with Crippen molar-refractivity contribution in [1.29, 1.82) is 0 Å². The van der Waals surface area contributed by atoms with Gasteiger partial charge in [-0.15, -0.1) is 12.6 Å². The monoisotopic (exact) mass is 115 g/mol. The highest BCUT2D eigenvalue weighted by Gasteiger charge is 1.83. The summed E-state index contributed by atoms with van der Waals surface area (Å²) >= 11 is 3.96. The quantitative estimate of drug-likeness (QED) is 0.391. The molecule has 0 aliphatic carbocycles. The molecule has 0 amide bonds. The zero-order valence-electron chi connectivity index (χ0n) is 4.31. The molecule has 0 aliphatic heterocycles. The smallest absolute Gasteiger partial charge is 0.0373 e. The van der Waals surface area contributed by atoms with Crippen molar-refractivity contribution in [2.75, 3.05) is 0 Å². The van der Waals surface area contributed by atoms with E-state index in [9.17, 15) is 0 Å². The van der Waals surface area contributed by atoms with Crippen LogP contribution in [-0.2, 0) is 0 Å². The fourth-order valence-corrected chi connectivity index (χ4v) is 0.185. The Morgan fingerprint density at radius 3 is 2.29 bits per heavy atom. The molecule has 0 aromatic heterocycles. The summed E-state index contributed by atoms with van der Waals surface area (Å²) in [5.41, 5.74) is 5.73. The van der Waals surface area contributed by atoms with Gasteiger partial charge in [-0.2, -0.15) is 0 Å². The van der Waals surface area contributed by atoms with E-state index in [0.29, 0.717) is 5.70 Å². The number of allylic oxidation sites excluding steroid dienone is 1. The van der Waals surface area contributed by atoms with Crippen LogP contribution in [0.25, 0.3) is 0 Å². The van der Waals surface area contributed by atoms with E-state index in [-0.39, 0.29) is 0 Å². The van der Waals surface area contributed by atoms with Crippen LogP contribution in [-0.4, -0.2) is 0 Å². The highest BCUT2D eigenvalue weighted by atomic mass is 32.1. The molecule has 0 aliphatic rings. The second-order valence-corrected chi connectivity index (χ2v) is 1.68. The average molecular weight is 115 g/mol. The fourth-order valence-electron chi connectivity index (χ4n) is 0.185. The van der Waals surface area contributed by atoms with Gasteiger partial charge >= 0.3 is 0 Å². The summed E-state index contributed by atoms with van der Waals surface area (Å²) in [6.07, 6.45) is 1.80. The number of rotatable bonds is 1. The standard InChI is InChI=1S/C5H9NS/c1-3-5(7)4(2)6/h3,7H,2,6H2,1H3/b5-3+. The lowest BCUT2D eigenvalue weighted by molar-refractivity contribution is 1.42. The van der Waals surface area contributed by atoms with Gasteiger partial charge in [0.1, 0.15) is 0 Å². The molecule has 1 nitrogen and oxygen atoms in total. The van der Waals surface area contributed by atoms with Crippen LogP contribution in [0.1, 0.15) is 6.92 Å². The molecular formula is C5H9NS. The van der Waals surface area contributed by atoms with E-state index in [1.807, 2.05) is 6.92 Å². The number of hydrogen-bond donors (Lipinski definition) is 2. The van der Waals surface area contributed by atoms with Gasteiger partial charge in [-0.05, 0) is 6.92 Å². The lowest BCUT2D eigenvalue weighted by atomic mass is 10.4. The lowest BCUT2D eigenvalue weighted by Gasteiger charge is -1.91. The van der Waals surface area contributed by atoms with Crippen molar-refractivity contribution in [3.8, 4) is 0 Å². The summed E-state index contributed by atoms with van der Waals surface area (Å²) in [7, 11) is 0. The first-order valence-corrected chi connectivity index (χ1v) is 2.43. The largest absolute Gasteiger partial charge is 0.398 e. The van der Waals surface area contributed by atoms with Gasteiger partial charge < -0.3 is 5.73 Å². The normalized spacial score (nSPS) is 11.4. The van der Waals surface area contributed by atoms with Crippen LogP contribution in [0.15, 0.2) is 23.3 Å². The number of nitrogens with two attached hydrogens (primary N) is 1. The highest BCUT2D eigenvalue weighted by molar-refractivity contribution is 7.84. The maximum Gasteiger partial charge on any atom is 0.0373 e. The summed E-state index contributed by atoms with van der Waals surface area (Å²) < 4.78 is 0. The molecule has 40 valence electrons. The van der Waals surface area contributed by atoms with Crippen molar-refractivity contribution in [2.45, 2.75) is 6.92 Å². The molecule has 0 saturated heterocycles. The Morgan fingerprint density at radius 2 is 2.29 bits per heavy atom. The molecule has 0 aromatic rings. The summed E-state index contributed by atoms with van der Waals surface area (Å²) in [5.74, 6) is 0. The Kier molecular flexibility index (Phi) is 2.60. The summed E-state index contributed by atoms with van der Waals surface area (Å²) in [5, 5.41) is 0. The molecule has 0 spiro atoms. The first-order valence-electron chi connectivity index (χ1n) is 1.98. The van der Waals surface area contributed by atoms with E-state index < -0.39 is 0 Å². The topological polar surface area (TPSA) is 26.0 Å². The van der Waals surface area contributed by atoms with E-state index in [1.165, 1.54) is 0 Å². The molecule has 0 atom stereocenters. The van der Waals surface area contributed by atoms with Crippen molar-refractivity contribution in [3.05, 3.63) is 23.3 Å². The molecule has 0 saturated carbocycles. The molecule has 2 N–H and O–H groups in total. The minimum absolute atomic E-state index is 0.519. The van der Waals surface area contributed by atoms with Crippen molar-refractivity contribution in [1.82, 2.24) is 0 Å². The molecule has 0 rings (SSSR count). The van der Waals surface area contributed by atoms with E-state index in [2.05, 4.69) is 19.2 Å². The minimum atomic E-state index is 0.519. The van der Waals surface area contributed by atoms with Crippen molar-refractivity contribution in [2.24, 2.45) is 5.73 Å². The average Bonchev–Trinajstić information content (AvgIpc) is 1.65. The second kappa shape index (κ2) is 2.75. The molecule has 0 radical (unpaired) electrons. The van der Waals surface area contributed by atoms with Crippen LogP contribution in [0.5, 0.6) is 0 Å². The third-order valence-electron chi connectivity index (χ3n) is 0.602. The van der Waals surface area contributed by atoms with E-state index >= 15 is 0 Å². The van der Waals surface area contributed by atoms with E-state index in [0.717, 1.165) is 4.91 Å². The Labute approximate surface area is 49.3 Å². The van der Waals surface area contributed by atoms with Crippen LogP contribution in [0.3, 0.4) is 0 Å². The van der Waals surface area contributed by atoms with Gasteiger partial charge in [0.2, 0.25) is 0 Å². The van der Waals surface area contributed by atoms with Gasteiger partial charge in [0.25, 0.3) is 0 Å². The number of hydrogen-bond acceptors (Lipinski definition) is 2. The first kappa shape index (κ1) is 6.63. The molecule has 2 heteroatoms. The third kappa shape index (κ3) is 2.34. The molecular weight excluding hydrogens is 106 g/mol. The van der Waals surface area contributed by atoms with Gasteiger partial charge in [0, 0.05) is 10.6 Å². The predicted octanol–water partition coefficient (Wildman–Crippen LogP) is 1.29. The van der Waals surface area contributed by atoms with Crippen molar-refractivity contribution < 1.29 is 0 Å². The molecule has 0 unspecified atom stereocenters. The van der Waals surface area contributed by atoms with Crippen molar-refractivity contribution >= 4 is 12.6 Å². The van der Waals surface area contributed by atoms with Gasteiger partial charge in [0.15, 0.2) is 0 Å². The zero-order valence-corrected chi connectivity index (χ0v) is 5.20. The van der Waals surface area contributed by atoms with Crippen LogP contribution in [0.2, 0.25) is 0 Å². The zero-order chi connectivity index (χ0) is 5.86. The minimum Gasteiger partial charge on any atom is -0.398 e. The van der Waals surface area contributed by atoms with Crippen LogP contribution < -0.4 is 5.73 Å². The van der Waals surface area contributed by atoms with E-state index in [1.54, 1.807) is 6.08 Å². The van der Waals surface area contributed by atoms with Gasteiger partial charge in [0.05, 0.1) is 0 Å². The van der Waals surface area contributed by atoms with Gasteiger partial charge in [-0.1, -0.05) is 12.7 Å². The SMILES string of the molecule is C=C(N)/C(S)=C\C. The molecule has 0 fully saturated rings. The molecule has 0 heterocycles. The Morgan fingerprint density at radius 1 is 1.86 bits per heavy atom. The fraction of sp³-hybridized carbons (Fsp3) is 0.200. The molecule has 0 bridgehead atoms. The highest BCUT2D eigenvalue weighted by Crippen LogP contribution is 2.03. The summed E-state index contributed by atoms with van der Waals surface area (Å²) in [4.78, 5) is 0.750. The van der Waals surface area contributed by atoms with E-state index in [4.69, 9.17) is 5.73 Å².